The standard InChI is InChI=1S/C21H20N2O/c1-21(2)19-18(14-8-4-3-5-9-14)15-10-6-7-11-16(15)20(19)22-13-12-17(24)23(21)22/h3-11,20H,12-13H2,1-2H3. The number of hydrogen-bond acceptors (Lipinski definition) is 2. The molecule has 2 fully saturated rings. The molecule has 1 atom stereocenters. The van der Waals surface area contributed by atoms with Crippen molar-refractivity contribution >= 4 is 11.5 Å². The van der Waals surface area contributed by atoms with Crippen LogP contribution >= 0.6 is 0 Å². The first-order chi connectivity index (χ1) is 11.6. The second kappa shape index (κ2) is 4.58. The van der Waals surface area contributed by atoms with E-state index in [1.54, 1.807) is 0 Å². The highest BCUT2D eigenvalue weighted by Gasteiger charge is 2.57. The number of benzene rings is 2. The Morgan fingerprint density at radius 1 is 1.00 bits per heavy atom. The molecule has 2 aromatic carbocycles. The third kappa shape index (κ3) is 1.58. The maximum absolute atomic E-state index is 12.5. The average Bonchev–Trinajstić information content (AvgIpc) is 3.20. The summed E-state index contributed by atoms with van der Waals surface area (Å²) in [6.45, 7) is 5.19. The zero-order chi connectivity index (χ0) is 16.5. The normalized spacial score (nSPS) is 24.3. The van der Waals surface area contributed by atoms with Crippen LogP contribution in [0.3, 0.4) is 0 Å². The predicted molar refractivity (Wildman–Crippen MR) is 93.9 cm³/mol. The van der Waals surface area contributed by atoms with Crippen molar-refractivity contribution < 1.29 is 4.79 Å². The van der Waals surface area contributed by atoms with Crippen LogP contribution in [0.4, 0.5) is 0 Å². The van der Waals surface area contributed by atoms with Crippen LogP contribution in [0.1, 0.15) is 43.0 Å². The summed E-state index contributed by atoms with van der Waals surface area (Å²) in [5.74, 6) is 0.242. The fourth-order valence-electron chi connectivity index (χ4n) is 4.82. The summed E-state index contributed by atoms with van der Waals surface area (Å²) in [5.41, 5.74) is 6.27. The summed E-state index contributed by atoms with van der Waals surface area (Å²) < 4.78 is 0. The van der Waals surface area contributed by atoms with Crippen molar-refractivity contribution in [2.45, 2.75) is 31.8 Å². The van der Waals surface area contributed by atoms with E-state index in [0.29, 0.717) is 6.42 Å². The lowest BCUT2D eigenvalue weighted by atomic mass is 9.86. The number of rotatable bonds is 1. The first kappa shape index (κ1) is 14.0. The molecule has 0 bridgehead atoms. The summed E-state index contributed by atoms with van der Waals surface area (Å²) in [5, 5.41) is 4.29. The molecule has 0 aromatic heterocycles. The molecule has 0 radical (unpaired) electrons. The van der Waals surface area contributed by atoms with E-state index < -0.39 is 0 Å². The molecule has 120 valence electrons. The molecule has 2 aromatic rings. The number of hydrazine groups is 1. The second-order valence-electron chi connectivity index (χ2n) is 7.32. The van der Waals surface area contributed by atoms with E-state index in [9.17, 15) is 4.79 Å². The van der Waals surface area contributed by atoms with Gasteiger partial charge in [0.1, 0.15) is 0 Å². The maximum atomic E-state index is 12.5. The van der Waals surface area contributed by atoms with Gasteiger partial charge in [0, 0.05) is 13.0 Å². The van der Waals surface area contributed by atoms with E-state index in [-0.39, 0.29) is 17.5 Å². The van der Waals surface area contributed by atoms with E-state index >= 15 is 0 Å². The Kier molecular flexibility index (Phi) is 2.67. The van der Waals surface area contributed by atoms with Gasteiger partial charge in [0.25, 0.3) is 0 Å². The Bertz CT molecular complexity index is 882. The first-order valence-electron chi connectivity index (χ1n) is 8.59. The van der Waals surface area contributed by atoms with Crippen LogP contribution in [0.15, 0.2) is 60.2 Å². The van der Waals surface area contributed by atoms with Crippen molar-refractivity contribution in [1.29, 1.82) is 0 Å². The molecule has 5 rings (SSSR count). The number of nitrogens with zero attached hydrogens (tertiary/aromatic N) is 2. The number of carbonyl (C=O) groups excluding carboxylic acids is 1. The smallest absolute Gasteiger partial charge is 0.239 e. The van der Waals surface area contributed by atoms with Gasteiger partial charge in [-0.2, -0.15) is 0 Å². The van der Waals surface area contributed by atoms with Gasteiger partial charge < -0.3 is 0 Å². The van der Waals surface area contributed by atoms with Crippen molar-refractivity contribution in [2.24, 2.45) is 0 Å². The van der Waals surface area contributed by atoms with Gasteiger partial charge in [-0.1, -0.05) is 54.6 Å². The van der Waals surface area contributed by atoms with Crippen molar-refractivity contribution in [1.82, 2.24) is 10.0 Å². The molecule has 2 heterocycles. The van der Waals surface area contributed by atoms with Gasteiger partial charge in [-0.15, -0.1) is 0 Å². The Morgan fingerprint density at radius 2 is 1.71 bits per heavy atom. The third-order valence-corrected chi connectivity index (χ3v) is 5.66. The van der Waals surface area contributed by atoms with Gasteiger partial charge in [0.05, 0.1) is 11.6 Å². The van der Waals surface area contributed by atoms with Crippen molar-refractivity contribution in [2.75, 3.05) is 6.54 Å². The molecule has 1 aliphatic carbocycles. The molecule has 0 N–H and O–H groups in total. The largest absolute Gasteiger partial charge is 0.273 e. The van der Waals surface area contributed by atoms with Gasteiger partial charge in [-0.25, -0.2) is 5.01 Å². The van der Waals surface area contributed by atoms with Crippen LogP contribution in [-0.2, 0) is 4.79 Å². The molecule has 3 nitrogen and oxygen atoms in total. The van der Waals surface area contributed by atoms with Crippen LogP contribution in [0, 0.1) is 0 Å². The highest BCUT2D eigenvalue weighted by Crippen LogP contribution is 2.58. The zero-order valence-corrected chi connectivity index (χ0v) is 14.0. The topological polar surface area (TPSA) is 23.6 Å². The zero-order valence-electron chi connectivity index (χ0n) is 14.0. The average molecular weight is 316 g/mol. The van der Waals surface area contributed by atoms with Gasteiger partial charge in [0.2, 0.25) is 5.91 Å². The van der Waals surface area contributed by atoms with Crippen LogP contribution < -0.4 is 0 Å². The number of fused-ring (bicyclic) bond motifs is 5. The number of amides is 1. The van der Waals surface area contributed by atoms with Crippen LogP contribution in [0.5, 0.6) is 0 Å². The van der Waals surface area contributed by atoms with E-state index in [0.717, 1.165) is 6.54 Å². The Labute approximate surface area is 142 Å². The van der Waals surface area contributed by atoms with Gasteiger partial charge >= 0.3 is 0 Å². The SMILES string of the molecule is CC1(C)C2=C(c3ccccc3)c3ccccc3C2N2CCC(=O)N21. The molecular weight excluding hydrogens is 296 g/mol. The lowest BCUT2D eigenvalue weighted by molar-refractivity contribution is -0.142. The van der Waals surface area contributed by atoms with E-state index in [1.807, 2.05) is 5.01 Å². The molecule has 2 saturated heterocycles. The number of carbonyl (C=O) groups is 1. The van der Waals surface area contributed by atoms with Gasteiger partial charge in [-0.05, 0) is 41.7 Å². The third-order valence-electron chi connectivity index (χ3n) is 5.66. The molecule has 2 aliphatic heterocycles. The first-order valence-corrected chi connectivity index (χ1v) is 8.59. The van der Waals surface area contributed by atoms with Crippen molar-refractivity contribution in [3.8, 4) is 0 Å². The fourth-order valence-corrected chi connectivity index (χ4v) is 4.82. The molecular formula is C21H20N2O. The molecule has 1 unspecified atom stereocenters. The molecule has 3 aliphatic rings. The fraction of sp³-hybridized carbons (Fsp3) is 0.286. The van der Waals surface area contributed by atoms with E-state index in [1.165, 1.54) is 27.8 Å². The van der Waals surface area contributed by atoms with Crippen LogP contribution in [-0.4, -0.2) is 28.0 Å². The molecule has 0 saturated carbocycles. The minimum absolute atomic E-state index is 0.192. The Hall–Kier alpha value is -2.39. The summed E-state index contributed by atoms with van der Waals surface area (Å²) >= 11 is 0. The molecule has 1 amide bonds. The predicted octanol–water partition coefficient (Wildman–Crippen LogP) is 3.78. The van der Waals surface area contributed by atoms with Crippen molar-refractivity contribution in [3.05, 3.63) is 76.9 Å². The Morgan fingerprint density at radius 3 is 2.50 bits per heavy atom. The minimum Gasteiger partial charge on any atom is -0.273 e. The monoisotopic (exact) mass is 316 g/mol. The highest BCUT2D eigenvalue weighted by molar-refractivity contribution is 5.92. The summed E-state index contributed by atoms with van der Waals surface area (Å²) in [6, 6.07) is 19.5. The molecule has 3 heteroatoms. The quantitative estimate of drug-likeness (QED) is 0.799. The molecule has 0 spiro atoms. The molecule has 24 heavy (non-hydrogen) atoms. The lowest BCUT2D eigenvalue weighted by Gasteiger charge is -2.33. The minimum atomic E-state index is -0.289. The van der Waals surface area contributed by atoms with Crippen molar-refractivity contribution in [3.63, 3.8) is 0 Å². The highest BCUT2D eigenvalue weighted by atomic mass is 16.2. The van der Waals surface area contributed by atoms with Gasteiger partial charge in [-0.3, -0.25) is 9.80 Å². The van der Waals surface area contributed by atoms with Crippen LogP contribution in [0.2, 0.25) is 0 Å². The summed E-state index contributed by atoms with van der Waals surface area (Å²) in [6.07, 6.45) is 0.621. The van der Waals surface area contributed by atoms with Crippen LogP contribution in [0.25, 0.3) is 5.57 Å². The van der Waals surface area contributed by atoms with E-state index in [4.69, 9.17) is 0 Å². The van der Waals surface area contributed by atoms with Gasteiger partial charge in [0.15, 0.2) is 0 Å². The van der Waals surface area contributed by atoms with E-state index in [2.05, 4.69) is 73.5 Å². The maximum Gasteiger partial charge on any atom is 0.239 e. The Balaban J connectivity index is 1.83. The summed E-state index contributed by atoms with van der Waals surface area (Å²) in [4.78, 5) is 12.5. The summed E-state index contributed by atoms with van der Waals surface area (Å²) in [7, 11) is 0. The second-order valence-corrected chi connectivity index (χ2v) is 7.32. The lowest BCUT2D eigenvalue weighted by Crippen LogP contribution is -2.45. The number of hydrogen-bond donors (Lipinski definition) is 0.